The SMILES string of the molecule is CCCCc1nc(Cl)c(CNCCc2csc(C)n2)[nH]1. The molecule has 4 nitrogen and oxygen atoms in total. The number of thiazole rings is 1. The Morgan fingerprint density at radius 2 is 2.20 bits per heavy atom. The molecular weight excluding hydrogens is 292 g/mol. The largest absolute Gasteiger partial charge is 0.344 e. The zero-order chi connectivity index (χ0) is 14.4. The molecule has 0 spiro atoms. The van der Waals surface area contributed by atoms with Gasteiger partial charge in [0.15, 0.2) is 5.15 Å². The summed E-state index contributed by atoms with van der Waals surface area (Å²) in [5, 5.41) is 7.21. The number of halogens is 1. The van der Waals surface area contributed by atoms with Crippen LogP contribution in [0.2, 0.25) is 5.15 Å². The predicted molar refractivity (Wildman–Crippen MR) is 84.5 cm³/mol. The molecule has 0 fully saturated rings. The van der Waals surface area contributed by atoms with E-state index in [0.717, 1.165) is 54.6 Å². The Bertz CT molecular complexity index is 535. The number of unbranched alkanes of at least 4 members (excludes halogenated alkanes) is 1. The maximum atomic E-state index is 6.13. The fourth-order valence-electron chi connectivity index (χ4n) is 1.97. The molecule has 0 bridgehead atoms. The number of aryl methyl sites for hydroxylation is 2. The highest BCUT2D eigenvalue weighted by molar-refractivity contribution is 7.09. The molecule has 0 aliphatic heterocycles. The monoisotopic (exact) mass is 312 g/mol. The Morgan fingerprint density at radius 1 is 1.35 bits per heavy atom. The van der Waals surface area contributed by atoms with Gasteiger partial charge in [0.1, 0.15) is 5.82 Å². The fraction of sp³-hybridized carbons (Fsp3) is 0.571. The van der Waals surface area contributed by atoms with Gasteiger partial charge in [-0.2, -0.15) is 0 Å². The van der Waals surface area contributed by atoms with E-state index in [1.165, 1.54) is 6.42 Å². The van der Waals surface area contributed by atoms with Gasteiger partial charge in [-0.25, -0.2) is 9.97 Å². The summed E-state index contributed by atoms with van der Waals surface area (Å²) in [5.41, 5.74) is 2.13. The number of H-pyrrole nitrogens is 1. The van der Waals surface area contributed by atoms with Crippen LogP contribution in [0.3, 0.4) is 0 Å². The first-order chi connectivity index (χ1) is 9.69. The minimum absolute atomic E-state index is 0.591. The lowest BCUT2D eigenvalue weighted by molar-refractivity contribution is 0.669. The average molecular weight is 313 g/mol. The third kappa shape index (κ3) is 4.58. The molecule has 110 valence electrons. The van der Waals surface area contributed by atoms with Gasteiger partial charge < -0.3 is 10.3 Å². The van der Waals surface area contributed by atoms with Crippen molar-refractivity contribution in [3.63, 3.8) is 0 Å². The van der Waals surface area contributed by atoms with Gasteiger partial charge in [0.2, 0.25) is 0 Å². The first-order valence-corrected chi connectivity index (χ1v) is 8.29. The van der Waals surface area contributed by atoms with Crippen LogP contribution >= 0.6 is 22.9 Å². The molecule has 0 unspecified atom stereocenters. The van der Waals surface area contributed by atoms with Crippen LogP contribution in [0.5, 0.6) is 0 Å². The molecule has 20 heavy (non-hydrogen) atoms. The number of imidazole rings is 1. The second kappa shape index (κ2) is 7.76. The van der Waals surface area contributed by atoms with Gasteiger partial charge in [0.05, 0.1) is 16.4 Å². The number of rotatable bonds is 8. The lowest BCUT2D eigenvalue weighted by atomic mass is 10.2. The minimum atomic E-state index is 0.591. The number of nitrogens with one attached hydrogen (secondary N) is 2. The molecule has 0 saturated carbocycles. The summed E-state index contributed by atoms with van der Waals surface area (Å²) >= 11 is 7.83. The van der Waals surface area contributed by atoms with Crippen LogP contribution in [0.1, 0.15) is 42.0 Å². The summed E-state index contributed by atoms with van der Waals surface area (Å²) in [7, 11) is 0. The Hall–Kier alpha value is -0.910. The smallest absolute Gasteiger partial charge is 0.151 e. The van der Waals surface area contributed by atoms with Crippen molar-refractivity contribution in [3.05, 3.63) is 32.8 Å². The van der Waals surface area contributed by atoms with Crippen molar-refractivity contribution in [2.75, 3.05) is 6.54 Å². The molecule has 0 aromatic carbocycles. The Kier molecular flexibility index (Phi) is 6.01. The molecule has 0 radical (unpaired) electrons. The van der Waals surface area contributed by atoms with E-state index >= 15 is 0 Å². The normalized spacial score (nSPS) is 11.2. The van der Waals surface area contributed by atoms with Crippen LogP contribution in [0, 0.1) is 6.92 Å². The number of nitrogens with zero attached hydrogens (tertiary/aromatic N) is 2. The molecule has 6 heteroatoms. The molecular formula is C14H21ClN4S. The first kappa shape index (κ1) is 15.5. The van der Waals surface area contributed by atoms with E-state index in [1.807, 2.05) is 6.92 Å². The lowest BCUT2D eigenvalue weighted by Crippen LogP contribution is -2.17. The highest BCUT2D eigenvalue weighted by Crippen LogP contribution is 2.14. The van der Waals surface area contributed by atoms with Gasteiger partial charge in [0.25, 0.3) is 0 Å². The van der Waals surface area contributed by atoms with E-state index < -0.39 is 0 Å². The van der Waals surface area contributed by atoms with Crippen LogP contribution in [0.15, 0.2) is 5.38 Å². The van der Waals surface area contributed by atoms with Crippen molar-refractivity contribution in [2.45, 2.75) is 46.1 Å². The molecule has 0 aliphatic rings. The summed E-state index contributed by atoms with van der Waals surface area (Å²) in [5.74, 6) is 0.990. The van der Waals surface area contributed by atoms with E-state index in [2.05, 4.69) is 32.6 Å². The number of hydrogen-bond acceptors (Lipinski definition) is 4. The minimum Gasteiger partial charge on any atom is -0.344 e. The molecule has 2 heterocycles. The van der Waals surface area contributed by atoms with Crippen molar-refractivity contribution in [1.29, 1.82) is 0 Å². The molecule has 2 rings (SSSR count). The van der Waals surface area contributed by atoms with E-state index in [0.29, 0.717) is 5.15 Å². The van der Waals surface area contributed by atoms with Gasteiger partial charge in [-0.1, -0.05) is 24.9 Å². The maximum Gasteiger partial charge on any atom is 0.151 e. The lowest BCUT2D eigenvalue weighted by Gasteiger charge is -2.02. The van der Waals surface area contributed by atoms with Crippen molar-refractivity contribution >= 4 is 22.9 Å². The number of hydrogen-bond donors (Lipinski definition) is 2. The molecule has 0 atom stereocenters. The van der Waals surface area contributed by atoms with Gasteiger partial charge in [-0.15, -0.1) is 11.3 Å². The van der Waals surface area contributed by atoms with Crippen LogP contribution in [0.25, 0.3) is 0 Å². The molecule has 0 saturated heterocycles. The highest BCUT2D eigenvalue weighted by atomic mass is 35.5. The Morgan fingerprint density at radius 3 is 2.90 bits per heavy atom. The Labute approximate surface area is 129 Å². The van der Waals surface area contributed by atoms with Gasteiger partial charge in [-0.05, 0) is 13.3 Å². The summed E-state index contributed by atoms with van der Waals surface area (Å²) in [6.07, 6.45) is 4.21. The molecule has 0 amide bonds. The van der Waals surface area contributed by atoms with E-state index in [9.17, 15) is 0 Å². The van der Waals surface area contributed by atoms with Crippen molar-refractivity contribution in [1.82, 2.24) is 20.3 Å². The number of aromatic amines is 1. The van der Waals surface area contributed by atoms with Gasteiger partial charge in [0, 0.05) is 31.3 Å². The van der Waals surface area contributed by atoms with Crippen molar-refractivity contribution < 1.29 is 0 Å². The summed E-state index contributed by atoms with van der Waals surface area (Å²) in [6, 6.07) is 0. The second-order valence-electron chi connectivity index (χ2n) is 4.84. The van der Waals surface area contributed by atoms with Crippen LogP contribution in [-0.2, 0) is 19.4 Å². The van der Waals surface area contributed by atoms with Crippen molar-refractivity contribution in [2.24, 2.45) is 0 Å². The maximum absolute atomic E-state index is 6.13. The van der Waals surface area contributed by atoms with E-state index in [4.69, 9.17) is 11.6 Å². The standard InChI is InChI=1S/C14H21ClN4S/c1-3-4-5-13-18-12(14(15)19-13)8-16-7-6-11-9-20-10(2)17-11/h9,16H,3-8H2,1-2H3,(H,18,19). The van der Waals surface area contributed by atoms with E-state index in [-0.39, 0.29) is 0 Å². The zero-order valence-corrected chi connectivity index (χ0v) is 13.6. The Balaban J connectivity index is 1.74. The van der Waals surface area contributed by atoms with Crippen LogP contribution in [-0.4, -0.2) is 21.5 Å². The molecule has 2 aromatic heterocycles. The average Bonchev–Trinajstić information content (AvgIpc) is 2.99. The van der Waals surface area contributed by atoms with Gasteiger partial charge in [-0.3, -0.25) is 0 Å². The fourth-order valence-corrected chi connectivity index (χ4v) is 2.84. The van der Waals surface area contributed by atoms with Crippen LogP contribution in [0.4, 0.5) is 0 Å². The molecule has 2 N–H and O–H groups in total. The highest BCUT2D eigenvalue weighted by Gasteiger charge is 2.07. The second-order valence-corrected chi connectivity index (χ2v) is 6.26. The molecule has 0 aliphatic carbocycles. The predicted octanol–water partition coefficient (Wildman–Crippen LogP) is 3.50. The summed E-state index contributed by atoms with van der Waals surface area (Å²) in [6.45, 7) is 5.82. The van der Waals surface area contributed by atoms with Crippen molar-refractivity contribution in [3.8, 4) is 0 Å². The molecule has 2 aromatic rings. The van der Waals surface area contributed by atoms with Crippen LogP contribution < -0.4 is 5.32 Å². The summed E-state index contributed by atoms with van der Waals surface area (Å²) in [4.78, 5) is 12.1. The quantitative estimate of drug-likeness (QED) is 0.733. The third-order valence-electron chi connectivity index (χ3n) is 3.07. The first-order valence-electron chi connectivity index (χ1n) is 7.04. The zero-order valence-electron chi connectivity index (χ0n) is 12.0. The summed E-state index contributed by atoms with van der Waals surface area (Å²) < 4.78 is 0. The third-order valence-corrected chi connectivity index (χ3v) is 4.21. The topological polar surface area (TPSA) is 53.6 Å². The number of aromatic nitrogens is 3. The van der Waals surface area contributed by atoms with Gasteiger partial charge >= 0.3 is 0 Å². The van der Waals surface area contributed by atoms with E-state index in [1.54, 1.807) is 11.3 Å².